The third-order valence-corrected chi connectivity index (χ3v) is 9.37. The van der Waals surface area contributed by atoms with E-state index in [4.69, 9.17) is 10.8 Å². The largest absolute Gasteiger partial charge is 0.503 e. The van der Waals surface area contributed by atoms with Crippen molar-refractivity contribution < 1.29 is 23.5 Å². The summed E-state index contributed by atoms with van der Waals surface area (Å²) in [5.74, 6) is -2.35. The van der Waals surface area contributed by atoms with E-state index in [1.165, 1.54) is 28.8 Å². The van der Waals surface area contributed by atoms with Crippen molar-refractivity contribution in [2.45, 2.75) is 70.0 Å². The number of thioether (sulfide) groups is 1. The average Bonchev–Trinajstić information content (AvgIpc) is 3.68. The highest BCUT2D eigenvalue weighted by atomic mass is 32.2. The number of benzene rings is 1. The summed E-state index contributed by atoms with van der Waals surface area (Å²) in [7, 11) is 3.35. The van der Waals surface area contributed by atoms with Gasteiger partial charge < -0.3 is 15.3 Å². The Morgan fingerprint density at radius 3 is 2.43 bits per heavy atom. The van der Waals surface area contributed by atoms with Crippen LogP contribution in [0.5, 0.6) is 5.75 Å². The molecule has 42 heavy (non-hydrogen) atoms. The van der Waals surface area contributed by atoms with Crippen LogP contribution >= 0.6 is 11.8 Å². The summed E-state index contributed by atoms with van der Waals surface area (Å²) in [5.41, 5.74) is -1.76. The summed E-state index contributed by atoms with van der Waals surface area (Å²) in [6, 6.07) is 3.01. The van der Waals surface area contributed by atoms with Gasteiger partial charge in [-0.15, -0.1) is 0 Å². The lowest BCUT2D eigenvalue weighted by atomic mass is 9.80. The van der Waals surface area contributed by atoms with Gasteiger partial charge in [0.25, 0.3) is 0 Å². The second-order valence-corrected chi connectivity index (χ2v) is 12.6. The average molecular weight is 603 g/mol. The van der Waals surface area contributed by atoms with Crippen LogP contribution in [0.1, 0.15) is 62.3 Å². The number of hydrogen-bond acceptors (Lipinski definition) is 8. The Kier molecular flexibility index (Phi) is 8.81. The molecule has 2 saturated carbocycles. The number of rotatable bonds is 9. The van der Waals surface area contributed by atoms with Crippen LogP contribution in [0, 0.1) is 35.3 Å². The van der Waals surface area contributed by atoms with Gasteiger partial charge in [0.2, 0.25) is 17.7 Å². The Labute approximate surface area is 247 Å². The molecule has 2 amide bonds. The molecule has 2 fully saturated rings. The standard InChI is InChI=1S/C29H36F2N6O4S/c1-17-24(39)25(40)21(26(33)42-23(32)13-19-5-6-20(30)14-22(19)31)15-37(17)36(4)29(35(3)16-38)9-7-18(8-10-29)27(41)34-28(2)11-12-28/h5-6,14-16,18,32-33,39H,7-13H2,1-4H3,(H,34,41). The van der Waals surface area contributed by atoms with Gasteiger partial charge in [0, 0.05) is 44.2 Å². The Morgan fingerprint density at radius 2 is 1.86 bits per heavy atom. The summed E-state index contributed by atoms with van der Waals surface area (Å²) >= 11 is 0.620. The normalized spacial score (nSPS) is 20.9. The number of carbonyl (C=O) groups is 2. The fraction of sp³-hybridized carbons (Fsp3) is 0.483. The predicted molar refractivity (Wildman–Crippen MR) is 158 cm³/mol. The van der Waals surface area contributed by atoms with Crippen LogP contribution in [0.2, 0.25) is 0 Å². The van der Waals surface area contributed by atoms with Crippen molar-refractivity contribution in [3.05, 3.63) is 63.1 Å². The summed E-state index contributed by atoms with van der Waals surface area (Å²) in [6.07, 6.45) is 5.70. The highest BCUT2D eigenvalue weighted by molar-refractivity contribution is 8.26. The minimum Gasteiger partial charge on any atom is -0.503 e. The Hall–Kier alpha value is -3.74. The van der Waals surface area contributed by atoms with Crippen molar-refractivity contribution in [2.75, 3.05) is 19.1 Å². The zero-order valence-electron chi connectivity index (χ0n) is 24.1. The van der Waals surface area contributed by atoms with E-state index in [1.807, 2.05) is 6.92 Å². The zero-order chi connectivity index (χ0) is 31.0. The molecule has 0 atom stereocenters. The van der Waals surface area contributed by atoms with E-state index in [0.29, 0.717) is 49.9 Å². The van der Waals surface area contributed by atoms with Crippen LogP contribution in [-0.2, 0) is 16.0 Å². The minimum atomic E-state index is -0.895. The quantitative estimate of drug-likeness (QED) is 0.149. The smallest absolute Gasteiger partial charge is 0.233 e. The number of carbonyl (C=O) groups excluding carboxylic acids is 2. The number of aromatic nitrogens is 1. The summed E-state index contributed by atoms with van der Waals surface area (Å²) < 4.78 is 28.8. The molecule has 0 spiro atoms. The molecule has 0 radical (unpaired) electrons. The van der Waals surface area contributed by atoms with Crippen molar-refractivity contribution in [2.24, 2.45) is 5.92 Å². The lowest BCUT2D eigenvalue weighted by Gasteiger charge is -2.51. The second-order valence-electron chi connectivity index (χ2n) is 11.5. The molecule has 2 aromatic rings. The van der Waals surface area contributed by atoms with E-state index in [9.17, 15) is 28.3 Å². The number of hydrogen-bond donors (Lipinski definition) is 4. The first-order chi connectivity index (χ1) is 19.7. The Balaban J connectivity index is 1.58. The molecule has 0 bridgehead atoms. The van der Waals surface area contributed by atoms with Crippen molar-refractivity contribution in [1.29, 1.82) is 10.8 Å². The number of pyridine rings is 1. The molecule has 4 N–H and O–H groups in total. The molecule has 226 valence electrons. The van der Waals surface area contributed by atoms with Gasteiger partial charge >= 0.3 is 0 Å². The molecular weight excluding hydrogens is 566 g/mol. The molecule has 1 aromatic heterocycles. The first-order valence-corrected chi connectivity index (χ1v) is 14.5. The van der Waals surface area contributed by atoms with Crippen molar-refractivity contribution in [3.8, 4) is 5.75 Å². The van der Waals surface area contributed by atoms with Gasteiger partial charge in [-0.1, -0.05) is 17.8 Å². The van der Waals surface area contributed by atoms with Crippen molar-refractivity contribution in [1.82, 2.24) is 14.9 Å². The highest BCUT2D eigenvalue weighted by Gasteiger charge is 2.46. The molecule has 10 nitrogen and oxygen atoms in total. The number of nitrogens with one attached hydrogen (secondary N) is 3. The van der Waals surface area contributed by atoms with E-state index in [0.717, 1.165) is 18.9 Å². The maximum Gasteiger partial charge on any atom is 0.233 e. The second kappa shape index (κ2) is 11.9. The molecule has 0 saturated heterocycles. The van der Waals surface area contributed by atoms with Crippen LogP contribution in [-0.4, -0.2) is 62.4 Å². The van der Waals surface area contributed by atoms with Crippen LogP contribution in [0.4, 0.5) is 8.78 Å². The first-order valence-electron chi connectivity index (χ1n) is 13.7. The van der Waals surface area contributed by atoms with E-state index in [1.54, 1.807) is 19.1 Å². The summed E-state index contributed by atoms with van der Waals surface area (Å²) in [5, 5.41) is 31.9. The van der Waals surface area contributed by atoms with E-state index in [-0.39, 0.29) is 50.7 Å². The fourth-order valence-electron chi connectivity index (χ4n) is 5.46. The van der Waals surface area contributed by atoms with E-state index < -0.39 is 28.5 Å². The molecular formula is C29H36F2N6O4S. The Bertz CT molecular complexity index is 1480. The lowest BCUT2D eigenvalue weighted by Crippen LogP contribution is -2.64. The lowest BCUT2D eigenvalue weighted by molar-refractivity contribution is -0.130. The summed E-state index contributed by atoms with van der Waals surface area (Å²) in [6.45, 7) is 3.56. The van der Waals surface area contributed by atoms with Crippen LogP contribution in [0.15, 0.2) is 29.2 Å². The number of halogens is 2. The SMILES string of the molecule is Cc1c(O)c(=O)c(C(=N)SC(=N)Cc2ccc(F)cc2F)cn1N(C)C1(N(C)C=O)CCC(C(=O)NC2(C)CC2)CC1. The van der Waals surface area contributed by atoms with Gasteiger partial charge in [0.15, 0.2) is 5.75 Å². The molecule has 2 aliphatic rings. The van der Waals surface area contributed by atoms with Crippen molar-refractivity contribution in [3.63, 3.8) is 0 Å². The third-order valence-electron chi connectivity index (χ3n) is 8.56. The van der Waals surface area contributed by atoms with Gasteiger partial charge in [-0.3, -0.25) is 34.9 Å². The molecule has 1 heterocycles. The Morgan fingerprint density at radius 1 is 1.21 bits per heavy atom. The number of aromatic hydroxyl groups is 1. The molecule has 0 aliphatic heterocycles. The molecule has 13 heteroatoms. The van der Waals surface area contributed by atoms with Crippen molar-refractivity contribution >= 4 is 34.2 Å². The third kappa shape index (κ3) is 6.20. The highest BCUT2D eigenvalue weighted by Crippen LogP contribution is 2.40. The first kappa shape index (κ1) is 31.2. The number of amides is 2. The monoisotopic (exact) mass is 602 g/mol. The topological polar surface area (TPSA) is 143 Å². The maximum atomic E-state index is 14.1. The van der Waals surface area contributed by atoms with Gasteiger partial charge in [-0.2, -0.15) is 0 Å². The maximum absolute atomic E-state index is 14.1. The zero-order valence-corrected chi connectivity index (χ0v) is 24.9. The number of nitrogens with zero attached hydrogens (tertiary/aromatic N) is 3. The van der Waals surface area contributed by atoms with Gasteiger partial charge in [-0.05, 0) is 64.0 Å². The minimum absolute atomic E-state index is 0.00733. The van der Waals surface area contributed by atoms with Gasteiger partial charge in [0.1, 0.15) is 22.3 Å². The molecule has 1 aromatic carbocycles. The van der Waals surface area contributed by atoms with Crippen LogP contribution in [0.3, 0.4) is 0 Å². The van der Waals surface area contributed by atoms with E-state index in [2.05, 4.69) is 5.32 Å². The fourth-order valence-corrected chi connectivity index (χ4v) is 6.19. The molecule has 0 unspecified atom stereocenters. The molecule has 4 rings (SSSR count). The van der Waals surface area contributed by atoms with E-state index >= 15 is 0 Å². The van der Waals surface area contributed by atoms with Gasteiger partial charge in [-0.25, -0.2) is 8.78 Å². The predicted octanol–water partition coefficient (Wildman–Crippen LogP) is 3.63. The van der Waals surface area contributed by atoms with Crippen LogP contribution < -0.4 is 15.8 Å². The van der Waals surface area contributed by atoms with Gasteiger partial charge in [0.05, 0.1) is 16.3 Å². The molecule has 2 aliphatic carbocycles. The van der Waals surface area contributed by atoms with Crippen LogP contribution in [0.25, 0.3) is 0 Å². The summed E-state index contributed by atoms with van der Waals surface area (Å²) in [4.78, 5) is 39.4.